The minimum absolute atomic E-state index is 0. The number of nitro groups is 1. The zero-order chi connectivity index (χ0) is 7.56. The summed E-state index contributed by atoms with van der Waals surface area (Å²) in [5.74, 6) is -0.339. The summed E-state index contributed by atoms with van der Waals surface area (Å²) in [7, 11) is 0. The van der Waals surface area contributed by atoms with Gasteiger partial charge in [0.15, 0.2) is 0 Å². The van der Waals surface area contributed by atoms with Gasteiger partial charge in [0.05, 0.1) is 4.92 Å². The van der Waals surface area contributed by atoms with Gasteiger partial charge in [-0.2, -0.15) is 0 Å². The summed E-state index contributed by atoms with van der Waals surface area (Å²) < 4.78 is 0. The molecule has 0 N–H and O–H groups in total. The quantitative estimate of drug-likeness (QED) is 0.274. The van der Waals surface area contributed by atoms with Crippen LogP contribution in [0.3, 0.4) is 0 Å². The molecule has 1 rings (SSSR count). The largest absolute Gasteiger partial charge is 1.00 e. The third-order valence-electron chi connectivity index (χ3n) is 1.03. The molecule has 0 heterocycles. The number of non-ortho nitro benzene ring substituents is 1. The van der Waals surface area contributed by atoms with Gasteiger partial charge in [0.2, 0.25) is 0 Å². The van der Waals surface area contributed by atoms with Gasteiger partial charge in [0.1, 0.15) is 0 Å². The molecule has 0 saturated carbocycles. The van der Waals surface area contributed by atoms with E-state index in [1.807, 2.05) is 0 Å². The Morgan fingerprint density at radius 1 is 1.36 bits per heavy atom. The van der Waals surface area contributed by atoms with Gasteiger partial charge >= 0.3 is 51.4 Å². The molecule has 0 aliphatic carbocycles. The molecule has 11 heavy (non-hydrogen) atoms. The van der Waals surface area contributed by atoms with Gasteiger partial charge in [-0.25, -0.2) is 0 Å². The first-order chi connectivity index (χ1) is 4.70. The van der Waals surface area contributed by atoms with E-state index in [1.54, 1.807) is 0 Å². The molecule has 4 nitrogen and oxygen atoms in total. The molecule has 0 aliphatic heterocycles. The predicted octanol–water partition coefficient (Wildman–Crippen LogP) is -2.33. The van der Waals surface area contributed by atoms with E-state index in [-0.39, 0.29) is 62.8 Å². The fourth-order valence-electron chi connectivity index (χ4n) is 0.597. The molecule has 0 saturated heterocycles. The zero-order valence-electron chi connectivity index (χ0n) is 5.98. The maximum absolute atomic E-state index is 10.5. The van der Waals surface area contributed by atoms with E-state index in [1.165, 1.54) is 18.2 Å². The molecule has 0 radical (unpaired) electrons. The van der Waals surface area contributed by atoms with Crippen molar-refractivity contribution in [3.63, 3.8) is 0 Å². The van der Waals surface area contributed by atoms with E-state index in [2.05, 4.69) is 0 Å². The molecule has 5 heteroatoms. The summed E-state index contributed by atoms with van der Waals surface area (Å²) in [5, 5.41) is 20.5. The third-order valence-corrected chi connectivity index (χ3v) is 1.03. The summed E-state index contributed by atoms with van der Waals surface area (Å²) in [6.07, 6.45) is 0. The maximum atomic E-state index is 10.5. The van der Waals surface area contributed by atoms with Crippen molar-refractivity contribution < 1.29 is 61.4 Å². The van der Waals surface area contributed by atoms with Crippen LogP contribution in [-0.4, -0.2) is 4.92 Å². The van der Waals surface area contributed by atoms with Gasteiger partial charge in [-0.1, -0.05) is 12.1 Å². The zero-order valence-corrected chi connectivity index (χ0v) is 9.10. The van der Waals surface area contributed by atoms with Crippen LogP contribution in [0.15, 0.2) is 24.3 Å². The molecule has 1 aromatic carbocycles. The summed E-state index contributed by atoms with van der Waals surface area (Å²) in [6.45, 7) is 0. The van der Waals surface area contributed by atoms with Crippen LogP contribution in [-0.2, 0) is 0 Å². The van der Waals surface area contributed by atoms with Crippen molar-refractivity contribution in [2.24, 2.45) is 0 Å². The first kappa shape index (κ1) is 11.1. The van der Waals surface area contributed by atoms with Gasteiger partial charge in [-0.15, -0.1) is 5.75 Å². The molecular weight excluding hydrogens is 173 g/mol. The number of hydrogen-bond acceptors (Lipinski definition) is 3. The van der Waals surface area contributed by atoms with Crippen molar-refractivity contribution in [1.82, 2.24) is 0 Å². The van der Waals surface area contributed by atoms with E-state index in [0.717, 1.165) is 6.07 Å². The van der Waals surface area contributed by atoms with Crippen molar-refractivity contribution in [2.75, 3.05) is 0 Å². The predicted molar refractivity (Wildman–Crippen MR) is 32.5 cm³/mol. The first-order valence-corrected chi connectivity index (χ1v) is 2.61. The second-order valence-corrected chi connectivity index (χ2v) is 1.75. The normalized spacial score (nSPS) is 8.36. The Balaban J connectivity index is 0.000001000. The van der Waals surface area contributed by atoms with Crippen LogP contribution in [0.5, 0.6) is 5.75 Å². The van der Waals surface area contributed by atoms with E-state index < -0.39 is 4.92 Å². The Morgan fingerprint density at radius 3 is 2.36 bits per heavy atom. The van der Waals surface area contributed by atoms with E-state index in [0.29, 0.717) is 0 Å². The van der Waals surface area contributed by atoms with Crippen molar-refractivity contribution in [2.45, 2.75) is 0 Å². The van der Waals surface area contributed by atoms with Gasteiger partial charge in [0.25, 0.3) is 5.69 Å². The SMILES string of the molecule is O=[N+]([O-])c1cccc([O-])c1.[K+]. The number of nitro benzene ring substituents is 1. The molecule has 0 amide bonds. The topological polar surface area (TPSA) is 66.2 Å². The fraction of sp³-hybridized carbons (Fsp3) is 0. The second-order valence-electron chi connectivity index (χ2n) is 1.75. The van der Waals surface area contributed by atoms with Crippen LogP contribution in [0, 0.1) is 10.1 Å². The maximum Gasteiger partial charge on any atom is 1.00 e. The molecule has 0 atom stereocenters. The van der Waals surface area contributed by atoms with Crippen molar-refractivity contribution >= 4 is 5.69 Å². The first-order valence-electron chi connectivity index (χ1n) is 2.61. The molecular formula is C6H4KNO3. The molecule has 0 unspecified atom stereocenters. The van der Waals surface area contributed by atoms with Crippen LogP contribution >= 0.6 is 0 Å². The molecule has 0 spiro atoms. The molecule has 1 aromatic rings. The number of hydrogen-bond donors (Lipinski definition) is 0. The summed E-state index contributed by atoms with van der Waals surface area (Å²) in [4.78, 5) is 9.42. The van der Waals surface area contributed by atoms with Crippen molar-refractivity contribution in [3.05, 3.63) is 34.4 Å². The second kappa shape index (κ2) is 4.84. The number of rotatable bonds is 1. The van der Waals surface area contributed by atoms with Crippen LogP contribution in [0.25, 0.3) is 0 Å². The van der Waals surface area contributed by atoms with E-state index >= 15 is 0 Å². The van der Waals surface area contributed by atoms with Gasteiger partial charge in [0, 0.05) is 12.1 Å². The van der Waals surface area contributed by atoms with Crippen LogP contribution < -0.4 is 56.5 Å². The monoisotopic (exact) mass is 177 g/mol. The average Bonchev–Trinajstić information content (AvgIpc) is 1.88. The number of nitrogens with zero attached hydrogens (tertiary/aromatic N) is 1. The smallest absolute Gasteiger partial charge is 0.872 e. The molecule has 0 fully saturated rings. The van der Waals surface area contributed by atoms with Gasteiger partial charge < -0.3 is 5.11 Å². The van der Waals surface area contributed by atoms with E-state index in [9.17, 15) is 15.2 Å². The molecule has 0 aromatic heterocycles. The fourth-order valence-corrected chi connectivity index (χ4v) is 0.597. The number of benzene rings is 1. The standard InChI is InChI=1S/C6H5NO3.K/c8-6-3-1-2-5(4-6)7(9)10;/h1-4,8H;/q;+1/p-1. The van der Waals surface area contributed by atoms with Crippen molar-refractivity contribution in [1.29, 1.82) is 0 Å². The Morgan fingerprint density at radius 2 is 2.00 bits per heavy atom. The Bertz CT molecular complexity index is 264. The Labute approximate surface area is 106 Å². The Hall–Kier alpha value is 0.0564. The minimum atomic E-state index is -0.596. The summed E-state index contributed by atoms with van der Waals surface area (Å²) in [6, 6.07) is 4.90. The van der Waals surface area contributed by atoms with Crippen LogP contribution in [0.4, 0.5) is 5.69 Å². The van der Waals surface area contributed by atoms with E-state index in [4.69, 9.17) is 0 Å². The molecule has 0 bridgehead atoms. The van der Waals surface area contributed by atoms with Gasteiger partial charge in [-0.3, -0.25) is 10.1 Å². The van der Waals surface area contributed by atoms with Crippen molar-refractivity contribution in [3.8, 4) is 5.75 Å². The Kier molecular flexibility index (Phi) is 4.86. The van der Waals surface area contributed by atoms with Gasteiger partial charge in [-0.05, 0) is 0 Å². The minimum Gasteiger partial charge on any atom is -0.872 e. The summed E-state index contributed by atoms with van der Waals surface area (Å²) >= 11 is 0. The average molecular weight is 177 g/mol. The third kappa shape index (κ3) is 3.30. The summed E-state index contributed by atoms with van der Waals surface area (Å²) in [5.41, 5.74) is -0.160. The van der Waals surface area contributed by atoms with Crippen LogP contribution in [0.2, 0.25) is 0 Å². The molecule has 52 valence electrons. The molecule has 0 aliphatic rings. The van der Waals surface area contributed by atoms with Crippen LogP contribution in [0.1, 0.15) is 0 Å².